The fourth-order valence-electron chi connectivity index (χ4n) is 2.48. The molecule has 1 rings (SSSR count). The summed E-state index contributed by atoms with van der Waals surface area (Å²) in [4.78, 5) is 4.90. The van der Waals surface area contributed by atoms with E-state index in [-0.39, 0.29) is 6.61 Å². The summed E-state index contributed by atoms with van der Waals surface area (Å²) in [6, 6.07) is 0.353. The van der Waals surface area contributed by atoms with Crippen LogP contribution < -0.4 is 0 Å². The summed E-state index contributed by atoms with van der Waals surface area (Å²) in [7, 11) is 0. The Kier molecular flexibility index (Phi) is 7.77. The maximum absolute atomic E-state index is 9.27. The van der Waals surface area contributed by atoms with E-state index < -0.39 is 0 Å². The second-order valence-electron chi connectivity index (χ2n) is 4.91. The van der Waals surface area contributed by atoms with Gasteiger partial charge in [0.25, 0.3) is 0 Å². The summed E-state index contributed by atoms with van der Waals surface area (Å²) in [6.07, 6.45) is 4.29. The lowest BCUT2D eigenvalue weighted by atomic mass is 10.1. The third-order valence-corrected chi connectivity index (χ3v) is 3.74. The number of hydrogen-bond donors (Lipinski definition) is 2. The van der Waals surface area contributed by atoms with Gasteiger partial charge in [-0.15, -0.1) is 0 Å². The number of aliphatic hydroxyl groups is 2. The highest BCUT2D eigenvalue weighted by molar-refractivity contribution is 4.77. The fourth-order valence-corrected chi connectivity index (χ4v) is 2.48. The molecule has 0 aromatic carbocycles. The molecule has 1 fully saturated rings. The lowest BCUT2D eigenvalue weighted by Crippen LogP contribution is -2.51. The van der Waals surface area contributed by atoms with E-state index in [2.05, 4.69) is 16.7 Å². The van der Waals surface area contributed by atoms with Crippen LogP contribution in [0.15, 0.2) is 0 Å². The Bertz CT molecular complexity index is 178. The van der Waals surface area contributed by atoms with Gasteiger partial charge in [-0.1, -0.05) is 6.92 Å². The van der Waals surface area contributed by atoms with Crippen molar-refractivity contribution in [2.75, 3.05) is 45.9 Å². The highest BCUT2D eigenvalue weighted by Gasteiger charge is 2.21. The van der Waals surface area contributed by atoms with Crippen molar-refractivity contribution in [3.8, 4) is 0 Å². The van der Waals surface area contributed by atoms with E-state index in [1.807, 2.05) is 0 Å². The molecule has 1 atom stereocenters. The number of nitrogens with zero attached hydrogens (tertiary/aromatic N) is 2. The van der Waals surface area contributed by atoms with Gasteiger partial charge in [-0.3, -0.25) is 4.90 Å². The van der Waals surface area contributed by atoms with E-state index in [9.17, 15) is 5.11 Å². The first-order valence-corrected chi connectivity index (χ1v) is 7.00. The average molecular weight is 244 g/mol. The Morgan fingerprint density at radius 3 is 2.24 bits per heavy atom. The van der Waals surface area contributed by atoms with E-state index in [1.54, 1.807) is 0 Å². The summed E-state index contributed by atoms with van der Waals surface area (Å²) < 4.78 is 0. The molecule has 2 N–H and O–H groups in total. The van der Waals surface area contributed by atoms with E-state index in [1.165, 1.54) is 6.42 Å². The Morgan fingerprint density at radius 1 is 1.00 bits per heavy atom. The van der Waals surface area contributed by atoms with E-state index in [4.69, 9.17) is 5.11 Å². The maximum atomic E-state index is 9.27. The zero-order valence-corrected chi connectivity index (χ0v) is 11.1. The van der Waals surface area contributed by atoms with Crippen LogP contribution in [-0.4, -0.2) is 72.0 Å². The monoisotopic (exact) mass is 244 g/mol. The van der Waals surface area contributed by atoms with Gasteiger partial charge in [0, 0.05) is 38.8 Å². The normalized spacial score (nSPS) is 20.6. The average Bonchev–Trinajstić information content (AvgIpc) is 2.38. The van der Waals surface area contributed by atoms with Crippen molar-refractivity contribution < 1.29 is 10.2 Å². The topological polar surface area (TPSA) is 46.9 Å². The van der Waals surface area contributed by atoms with Crippen LogP contribution in [0.4, 0.5) is 0 Å². The van der Waals surface area contributed by atoms with Crippen molar-refractivity contribution in [1.29, 1.82) is 0 Å². The first-order chi connectivity index (χ1) is 8.31. The molecule has 0 saturated carbocycles. The molecule has 0 radical (unpaired) electrons. The molecule has 0 amide bonds. The van der Waals surface area contributed by atoms with E-state index >= 15 is 0 Å². The van der Waals surface area contributed by atoms with Crippen molar-refractivity contribution in [2.24, 2.45) is 0 Å². The van der Waals surface area contributed by atoms with Crippen molar-refractivity contribution in [3.63, 3.8) is 0 Å². The quantitative estimate of drug-likeness (QED) is 0.612. The van der Waals surface area contributed by atoms with Gasteiger partial charge in [-0.05, 0) is 32.2 Å². The zero-order valence-electron chi connectivity index (χ0n) is 11.1. The van der Waals surface area contributed by atoms with Gasteiger partial charge >= 0.3 is 0 Å². The van der Waals surface area contributed by atoms with Crippen LogP contribution >= 0.6 is 0 Å². The molecule has 1 heterocycles. The van der Waals surface area contributed by atoms with Crippen molar-refractivity contribution >= 4 is 0 Å². The standard InChI is InChI=1S/C13H28N2O2/c1-2-13(12-17)15-9-7-14(8-10-15)6-4-3-5-11-16/h13,16-17H,2-12H2,1H3. The second-order valence-corrected chi connectivity index (χ2v) is 4.91. The molecule has 1 aliphatic heterocycles. The summed E-state index contributed by atoms with van der Waals surface area (Å²) >= 11 is 0. The third-order valence-electron chi connectivity index (χ3n) is 3.74. The zero-order chi connectivity index (χ0) is 12.5. The van der Waals surface area contributed by atoms with Crippen molar-refractivity contribution in [3.05, 3.63) is 0 Å². The number of piperazine rings is 1. The van der Waals surface area contributed by atoms with Crippen LogP contribution in [0.2, 0.25) is 0 Å². The second kappa shape index (κ2) is 8.86. The lowest BCUT2D eigenvalue weighted by Gasteiger charge is -2.38. The fraction of sp³-hybridized carbons (Fsp3) is 1.00. The minimum Gasteiger partial charge on any atom is -0.396 e. The summed E-state index contributed by atoms with van der Waals surface area (Å²) in [5.74, 6) is 0. The Balaban J connectivity index is 2.12. The molecule has 0 aromatic heterocycles. The van der Waals surface area contributed by atoms with Crippen LogP contribution in [0.3, 0.4) is 0 Å². The predicted molar refractivity (Wildman–Crippen MR) is 70.1 cm³/mol. The van der Waals surface area contributed by atoms with E-state index in [0.717, 1.165) is 52.0 Å². The third kappa shape index (κ3) is 5.34. The van der Waals surface area contributed by atoms with Crippen molar-refractivity contribution in [2.45, 2.75) is 38.6 Å². The Labute approximate surface area is 105 Å². The highest BCUT2D eigenvalue weighted by atomic mass is 16.3. The first kappa shape index (κ1) is 14.9. The molecule has 0 aliphatic carbocycles. The van der Waals surface area contributed by atoms with Gasteiger partial charge in [-0.2, -0.15) is 0 Å². The Hall–Kier alpha value is -0.160. The molecule has 0 aromatic rings. The summed E-state index contributed by atoms with van der Waals surface area (Å²) in [5.41, 5.74) is 0. The van der Waals surface area contributed by atoms with Crippen LogP contribution in [0, 0.1) is 0 Å². The van der Waals surface area contributed by atoms with Crippen LogP contribution in [0.25, 0.3) is 0 Å². The molecule has 0 spiro atoms. The lowest BCUT2D eigenvalue weighted by molar-refractivity contribution is 0.0629. The van der Waals surface area contributed by atoms with Crippen LogP contribution in [-0.2, 0) is 0 Å². The number of aliphatic hydroxyl groups excluding tert-OH is 2. The van der Waals surface area contributed by atoms with Gasteiger partial charge in [0.05, 0.1) is 6.61 Å². The molecule has 4 nitrogen and oxygen atoms in total. The highest BCUT2D eigenvalue weighted by Crippen LogP contribution is 2.09. The smallest absolute Gasteiger partial charge is 0.0586 e. The van der Waals surface area contributed by atoms with Gasteiger partial charge in [0.15, 0.2) is 0 Å². The largest absolute Gasteiger partial charge is 0.396 e. The Morgan fingerprint density at radius 2 is 1.71 bits per heavy atom. The molecule has 17 heavy (non-hydrogen) atoms. The first-order valence-electron chi connectivity index (χ1n) is 7.00. The molecule has 1 saturated heterocycles. The number of rotatable bonds is 8. The van der Waals surface area contributed by atoms with Gasteiger partial charge < -0.3 is 15.1 Å². The summed E-state index contributed by atoms with van der Waals surface area (Å²) in [6.45, 7) is 8.31. The minimum atomic E-state index is 0.285. The molecule has 0 bridgehead atoms. The van der Waals surface area contributed by atoms with Crippen molar-refractivity contribution in [1.82, 2.24) is 9.80 Å². The molecule has 1 aliphatic rings. The van der Waals surface area contributed by atoms with Crippen LogP contribution in [0.5, 0.6) is 0 Å². The van der Waals surface area contributed by atoms with Crippen LogP contribution in [0.1, 0.15) is 32.6 Å². The molecular weight excluding hydrogens is 216 g/mol. The molecular formula is C13H28N2O2. The molecule has 4 heteroatoms. The predicted octanol–water partition coefficient (Wildman–Crippen LogP) is 0.537. The van der Waals surface area contributed by atoms with Gasteiger partial charge in [-0.25, -0.2) is 0 Å². The van der Waals surface area contributed by atoms with E-state index in [0.29, 0.717) is 12.6 Å². The van der Waals surface area contributed by atoms with Gasteiger partial charge in [0.2, 0.25) is 0 Å². The number of unbranched alkanes of at least 4 members (excludes halogenated alkanes) is 2. The maximum Gasteiger partial charge on any atom is 0.0586 e. The summed E-state index contributed by atoms with van der Waals surface area (Å²) in [5, 5.41) is 18.0. The minimum absolute atomic E-state index is 0.285. The van der Waals surface area contributed by atoms with Gasteiger partial charge in [0.1, 0.15) is 0 Å². The SMILES string of the molecule is CCC(CO)N1CCN(CCCCCO)CC1. The molecule has 102 valence electrons. The number of hydrogen-bond acceptors (Lipinski definition) is 4. The molecule has 1 unspecified atom stereocenters.